The molecule has 132 valence electrons. The number of imidazole rings is 1. The molecule has 26 heavy (non-hydrogen) atoms. The van der Waals surface area contributed by atoms with E-state index >= 15 is 0 Å². The normalized spacial score (nSPS) is 10.5. The Hall–Kier alpha value is -2.84. The zero-order chi connectivity index (χ0) is 18.5. The predicted molar refractivity (Wildman–Crippen MR) is 99.5 cm³/mol. The van der Waals surface area contributed by atoms with E-state index in [1.165, 1.54) is 28.9 Å². The summed E-state index contributed by atoms with van der Waals surface area (Å²) in [6, 6.07) is 14.8. The number of hydrogen-bond acceptors (Lipinski definition) is 5. The smallest absolute Gasteiger partial charge is 0.358 e. The van der Waals surface area contributed by atoms with E-state index in [1.807, 2.05) is 30.3 Å². The molecule has 0 aliphatic carbocycles. The molecule has 0 radical (unpaired) electrons. The molecule has 0 spiro atoms. The number of rotatable bonds is 6. The van der Waals surface area contributed by atoms with Gasteiger partial charge in [0.25, 0.3) is 0 Å². The third kappa shape index (κ3) is 4.62. The molecule has 1 heterocycles. The first-order chi connectivity index (χ1) is 12.5. The molecule has 0 bridgehead atoms. The molecule has 0 saturated carbocycles. The Balaban J connectivity index is 1.69. The number of para-hydroxylation sites is 1. The third-order valence-electron chi connectivity index (χ3n) is 3.34. The van der Waals surface area contributed by atoms with Gasteiger partial charge in [-0.1, -0.05) is 35.5 Å². The van der Waals surface area contributed by atoms with Gasteiger partial charge in [0.1, 0.15) is 12.7 Å². The fraction of sp³-hybridized carbons (Fsp3) is 0.0588. The Labute approximate surface area is 158 Å². The van der Waals surface area contributed by atoms with Crippen molar-refractivity contribution < 1.29 is 9.72 Å². The fourth-order valence-corrected chi connectivity index (χ4v) is 3.20. The average molecular weight is 389 g/mol. The number of nitrogens with one attached hydrogen (secondary N) is 1. The molecule has 1 aromatic heterocycles. The summed E-state index contributed by atoms with van der Waals surface area (Å²) in [4.78, 5) is 27.8. The second-order valence-corrected chi connectivity index (χ2v) is 6.81. The monoisotopic (exact) mass is 388 g/mol. The number of halogens is 1. The molecule has 0 unspecified atom stereocenters. The lowest BCUT2D eigenvalue weighted by Gasteiger charge is -2.11. The fourth-order valence-electron chi connectivity index (χ4n) is 2.17. The molecule has 0 fully saturated rings. The van der Waals surface area contributed by atoms with Crippen molar-refractivity contribution in [2.24, 2.45) is 0 Å². The van der Waals surface area contributed by atoms with Crippen molar-refractivity contribution in [3.8, 4) is 0 Å². The van der Waals surface area contributed by atoms with E-state index in [1.54, 1.807) is 18.2 Å². The Morgan fingerprint density at radius 1 is 1.23 bits per heavy atom. The summed E-state index contributed by atoms with van der Waals surface area (Å²) in [5, 5.41) is 14.1. The van der Waals surface area contributed by atoms with Crippen LogP contribution in [0.25, 0.3) is 0 Å². The molecule has 0 saturated heterocycles. The number of aromatic nitrogens is 2. The second-order valence-electron chi connectivity index (χ2n) is 5.26. The maximum Gasteiger partial charge on any atom is 0.381 e. The van der Waals surface area contributed by atoms with Crippen molar-refractivity contribution in [3.63, 3.8) is 0 Å². The van der Waals surface area contributed by atoms with E-state index in [0.717, 1.165) is 9.79 Å². The molecular weight excluding hydrogens is 376 g/mol. The summed E-state index contributed by atoms with van der Waals surface area (Å²) in [7, 11) is 0. The molecule has 7 nitrogen and oxygen atoms in total. The lowest BCUT2D eigenvalue weighted by molar-refractivity contribution is -0.389. The number of anilines is 1. The second kappa shape index (κ2) is 8.03. The molecule has 2 aromatic carbocycles. The Kier molecular flexibility index (Phi) is 5.55. The van der Waals surface area contributed by atoms with E-state index in [4.69, 9.17) is 11.6 Å². The standard InChI is InChI=1S/C17H13ClN4O3S/c18-12-5-7-13(8-6-12)26-15-4-2-1-3-14(15)20-17(23)10-21-9-16(19-11-21)22(24)25/h1-9,11H,10H2,(H,20,23). The van der Waals surface area contributed by atoms with Gasteiger partial charge >= 0.3 is 5.82 Å². The number of carbonyl (C=O) groups excluding carboxylic acids is 1. The Morgan fingerprint density at radius 3 is 2.65 bits per heavy atom. The first-order valence-electron chi connectivity index (χ1n) is 7.50. The summed E-state index contributed by atoms with van der Waals surface area (Å²) in [6.45, 7) is -0.0687. The summed E-state index contributed by atoms with van der Waals surface area (Å²) in [5.41, 5.74) is 0.659. The van der Waals surface area contributed by atoms with E-state index in [9.17, 15) is 14.9 Å². The molecule has 0 aliphatic heterocycles. The van der Waals surface area contributed by atoms with Crippen molar-refractivity contribution in [2.75, 3.05) is 5.32 Å². The van der Waals surface area contributed by atoms with Gasteiger partial charge in [-0.05, 0) is 46.3 Å². The van der Waals surface area contributed by atoms with Crippen LogP contribution in [0.15, 0.2) is 70.8 Å². The first-order valence-corrected chi connectivity index (χ1v) is 8.69. The maximum absolute atomic E-state index is 12.3. The van der Waals surface area contributed by atoms with E-state index < -0.39 is 4.92 Å². The van der Waals surface area contributed by atoms with Gasteiger partial charge in [-0.25, -0.2) is 0 Å². The minimum atomic E-state index is -0.605. The van der Waals surface area contributed by atoms with E-state index in [0.29, 0.717) is 10.7 Å². The molecule has 0 atom stereocenters. The third-order valence-corrected chi connectivity index (χ3v) is 4.67. The van der Waals surface area contributed by atoms with Crippen molar-refractivity contribution >= 4 is 40.8 Å². The minimum Gasteiger partial charge on any atom is -0.358 e. The van der Waals surface area contributed by atoms with Gasteiger partial charge in [0.15, 0.2) is 0 Å². The Morgan fingerprint density at radius 2 is 1.96 bits per heavy atom. The van der Waals surface area contributed by atoms with Gasteiger partial charge < -0.3 is 20.0 Å². The van der Waals surface area contributed by atoms with Gasteiger partial charge in [0.05, 0.1) is 5.69 Å². The summed E-state index contributed by atoms with van der Waals surface area (Å²) < 4.78 is 1.36. The number of benzene rings is 2. The number of hydrogen-bond donors (Lipinski definition) is 1. The van der Waals surface area contributed by atoms with Gasteiger partial charge in [0, 0.05) is 14.8 Å². The highest BCUT2D eigenvalue weighted by atomic mass is 35.5. The van der Waals surface area contributed by atoms with Gasteiger partial charge in [0.2, 0.25) is 12.2 Å². The highest BCUT2D eigenvalue weighted by Gasteiger charge is 2.13. The largest absolute Gasteiger partial charge is 0.381 e. The van der Waals surface area contributed by atoms with Crippen LogP contribution in [0.1, 0.15) is 0 Å². The molecule has 1 N–H and O–H groups in total. The topological polar surface area (TPSA) is 90.1 Å². The zero-order valence-corrected chi connectivity index (χ0v) is 14.9. The van der Waals surface area contributed by atoms with Crippen molar-refractivity contribution in [1.29, 1.82) is 0 Å². The van der Waals surface area contributed by atoms with Crippen molar-refractivity contribution in [3.05, 3.63) is 76.2 Å². The molecule has 9 heteroatoms. The van der Waals surface area contributed by atoms with Crippen LogP contribution >= 0.6 is 23.4 Å². The van der Waals surface area contributed by atoms with Crippen LogP contribution in [0, 0.1) is 10.1 Å². The van der Waals surface area contributed by atoms with Crippen LogP contribution in [0.3, 0.4) is 0 Å². The zero-order valence-electron chi connectivity index (χ0n) is 13.3. The quantitative estimate of drug-likeness (QED) is 0.504. The number of nitro groups is 1. The number of amides is 1. The van der Waals surface area contributed by atoms with Crippen LogP contribution < -0.4 is 5.32 Å². The SMILES string of the molecule is O=C(Cn1cnc([N+](=O)[O-])c1)Nc1ccccc1Sc1ccc(Cl)cc1. The van der Waals surface area contributed by atoms with Crippen LogP contribution in [0.4, 0.5) is 11.5 Å². The highest BCUT2D eigenvalue weighted by Crippen LogP contribution is 2.33. The van der Waals surface area contributed by atoms with Crippen LogP contribution in [0.2, 0.25) is 5.02 Å². The number of nitrogens with zero attached hydrogens (tertiary/aromatic N) is 3. The lowest BCUT2D eigenvalue weighted by Crippen LogP contribution is -2.18. The molecule has 0 aliphatic rings. The maximum atomic E-state index is 12.3. The average Bonchev–Trinajstić information content (AvgIpc) is 3.07. The highest BCUT2D eigenvalue weighted by molar-refractivity contribution is 7.99. The van der Waals surface area contributed by atoms with E-state index in [-0.39, 0.29) is 18.3 Å². The van der Waals surface area contributed by atoms with Crippen molar-refractivity contribution in [2.45, 2.75) is 16.3 Å². The van der Waals surface area contributed by atoms with Crippen LogP contribution in [-0.2, 0) is 11.3 Å². The van der Waals surface area contributed by atoms with Gasteiger partial charge in [-0.3, -0.25) is 4.79 Å². The van der Waals surface area contributed by atoms with Crippen LogP contribution in [0.5, 0.6) is 0 Å². The predicted octanol–water partition coefficient (Wildman–Crippen LogP) is 4.23. The molecule has 3 rings (SSSR count). The molecule has 1 amide bonds. The summed E-state index contributed by atoms with van der Waals surface area (Å²) in [5.74, 6) is -0.599. The van der Waals surface area contributed by atoms with Gasteiger partial charge in [-0.2, -0.15) is 0 Å². The van der Waals surface area contributed by atoms with Gasteiger partial charge in [-0.15, -0.1) is 0 Å². The summed E-state index contributed by atoms with van der Waals surface area (Å²) >= 11 is 7.39. The Bertz CT molecular complexity index is 943. The van der Waals surface area contributed by atoms with Crippen molar-refractivity contribution in [1.82, 2.24) is 9.55 Å². The lowest BCUT2D eigenvalue weighted by atomic mass is 10.3. The molecular formula is C17H13ClN4O3S. The summed E-state index contributed by atoms with van der Waals surface area (Å²) in [6.07, 6.45) is 2.47. The van der Waals surface area contributed by atoms with E-state index in [2.05, 4.69) is 10.3 Å². The molecule has 3 aromatic rings. The first kappa shape index (κ1) is 18.0. The minimum absolute atomic E-state index is 0.0687. The number of carbonyl (C=O) groups is 1. The van der Waals surface area contributed by atoms with Crippen LogP contribution in [-0.4, -0.2) is 20.4 Å².